The standard InChI is InChI=1S/C48H82NO10P/c1-6-8-10-12-14-16-18-20-21-22-23-24-26-28-30-32-34-38-48(53)59-44(43-58-60(54,55)57-41-40-49(3,4)5)42-56-47(52)39-35-37-46(51)45(50)36-33-31-29-27-25-19-17-15-13-11-9-7-2/h9,11,14-17,20-21,23-25,27,31,33,44-46,50-51H,6-8,10,12-13,18-19,22,26,28-30,32,34-43H2,1-5H3/b11-9-,16-14-,17-15-,21-20-,24-23-,27-25-,33-31-/t44-,45+,46+/m1/s1. The number of likely N-dealkylation sites (N-methyl/N-ethyl adjacent to an activating group) is 1. The van der Waals surface area contributed by atoms with E-state index in [0.717, 1.165) is 70.6 Å². The van der Waals surface area contributed by atoms with Crippen LogP contribution in [0.1, 0.15) is 142 Å². The second kappa shape index (κ2) is 39.0. The summed E-state index contributed by atoms with van der Waals surface area (Å²) in [6, 6.07) is 0. The number of quaternary nitrogens is 1. The molecule has 0 spiro atoms. The van der Waals surface area contributed by atoms with Gasteiger partial charge in [-0.05, 0) is 89.9 Å². The van der Waals surface area contributed by atoms with Gasteiger partial charge in [0.25, 0.3) is 7.82 Å². The van der Waals surface area contributed by atoms with Gasteiger partial charge in [-0.15, -0.1) is 0 Å². The molecule has 0 aliphatic heterocycles. The fraction of sp³-hybridized carbons (Fsp3) is 0.667. The van der Waals surface area contributed by atoms with Crippen LogP contribution in [0.25, 0.3) is 0 Å². The molecule has 2 N–H and O–H groups in total. The Morgan fingerprint density at radius 2 is 1.13 bits per heavy atom. The molecule has 344 valence electrons. The molecule has 0 saturated heterocycles. The van der Waals surface area contributed by atoms with Crippen molar-refractivity contribution in [1.82, 2.24) is 0 Å². The summed E-state index contributed by atoms with van der Waals surface area (Å²) in [6.07, 6.45) is 42.1. The summed E-state index contributed by atoms with van der Waals surface area (Å²) in [5.41, 5.74) is 0. The Bertz CT molecular complexity index is 1330. The largest absolute Gasteiger partial charge is 0.756 e. The van der Waals surface area contributed by atoms with Crippen LogP contribution in [0.5, 0.6) is 0 Å². The molecule has 0 aromatic carbocycles. The predicted octanol–water partition coefficient (Wildman–Crippen LogP) is 10.1. The third-order valence-corrected chi connectivity index (χ3v) is 10.1. The number of nitrogens with zero attached hydrogens (tertiary/aromatic N) is 1. The van der Waals surface area contributed by atoms with Crippen LogP contribution in [0.15, 0.2) is 85.1 Å². The van der Waals surface area contributed by atoms with Crippen molar-refractivity contribution in [2.45, 2.75) is 161 Å². The van der Waals surface area contributed by atoms with E-state index in [2.05, 4.69) is 80.7 Å². The molecular weight excluding hydrogens is 781 g/mol. The van der Waals surface area contributed by atoms with Gasteiger partial charge in [0.05, 0.1) is 40.0 Å². The maximum Gasteiger partial charge on any atom is 0.306 e. The SMILES string of the molecule is CC/C=C\C/C=C\C/C=C\C/C=C\C[C@H](O)[C@@H](O)CCCC(=O)OC[C@H](COP(=O)([O-])OCC[N+](C)(C)C)OC(=O)CCCCCC/C=C\C/C=C\C/C=C\CCCCC. The van der Waals surface area contributed by atoms with E-state index in [1.165, 1.54) is 19.3 Å². The maximum atomic E-state index is 12.7. The summed E-state index contributed by atoms with van der Waals surface area (Å²) in [6.45, 7) is 3.69. The molecule has 0 bridgehead atoms. The third kappa shape index (κ3) is 40.5. The molecule has 4 atom stereocenters. The molecule has 60 heavy (non-hydrogen) atoms. The normalized spacial score (nSPS) is 15.4. The van der Waals surface area contributed by atoms with Crippen LogP contribution in [-0.4, -0.2) is 92.5 Å². The molecule has 0 saturated carbocycles. The van der Waals surface area contributed by atoms with E-state index < -0.39 is 51.3 Å². The first-order valence-corrected chi connectivity index (χ1v) is 23.9. The van der Waals surface area contributed by atoms with Gasteiger partial charge in [0.2, 0.25) is 0 Å². The van der Waals surface area contributed by atoms with E-state index in [9.17, 15) is 29.3 Å². The topological polar surface area (TPSA) is 152 Å². The number of carbonyl (C=O) groups excluding carboxylic acids is 2. The van der Waals surface area contributed by atoms with E-state index >= 15 is 0 Å². The number of aliphatic hydroxyl groups is 2. The quantitative estimate of drug-likeness (QED) is 0.0201. The molecule has 0 aromatic heterocycles. The van der Waals surface area contributed by atoms with Crippen LogP contribution in [0.3, 0.4) is 0 Å². The fourth-order valence-corrected chi connectivity index (χ4v) is 6.18. The molecule has 0 aromatic rings. The molecule has 0 radical (unpaired) electrons. The zero-order chi connectivity index (χ0) is 44.6. The van der Waals surface area contributed by atoms with Crippen molar-refractivity contribution in [3.05, 3.63) is 85.1 Å². The summed E-state index contributed by atoms with van der Waals surface area (Å²) in [7, 11) is 0.979. The third-order valence-electron chi connectivity index (χ3n) is 9.10. The van der Waals surface area contributed by atoms with Crippen LogP contribution in [0, 0.1) is 0 Å². The van der Waals surface area contributed by atoms with E-state index in [1.54, 1.807) is 0 Å². The number of carbonyl (C=O) groups is 2. The molecule has 0 aliphatic rings. The van der Waals surface area contributed by atoms with Crippen molar-refractivity contribution in [1.29, 1.82) is 0 Å². The highest BCUT2D eigenvalue weighted by Gasteiger charge is 2.22. The van der Waals surface area contributed by atoms with Gasteiger partial charge < -0.3 is 38.1 Å². The minimum Gasteiger partial charge on any atom is -0.756 e. The zero-order valence-electron chi connectivity index (χ0n) is 37.8. The number of aliphatic hydroxyl groups excluding tert-OH is 2. The summed E-state index contributed by atoms with van der Waals surface area (Å²) >= 11 is 0. The molecular formula is C48H82NO10P. The smallest absolute Gasteiger partial charge is 0.306 e. The number of hydrogen-bond acceptors (Lipinski definition) is 10. The Hall–Kier alpha value is -2.89. The number of ether oxygens (including phenoxy) is 2. The van der Waals surface area contributed by atoms with Gasteiger partial charge >= 0.3 is 11.9 Å². The van der Waals surface area contributed by atoms with Crippen molar-refractivity contribution in [2.75, 3.05) is 47.5 Å². The minimum absolute atomic E-state index is 0.0494. The van der Waals surface area contributed by atoms with Crippen LogP contribution in [-0.2, 0) is 32.7 Å². The number of unbranched alkanes of at least 4 members (excludes halogenated alkanes) is 7. The van der Waals surface area contributed by atoms with Gasteiger partial charge in [-0.3, -0.25) is 14.2 Å². The number of phosphoric acid groups is 1. The molecule has 0 fully saturated rings. The van der Waals surface area contributed by atoms with Crippen molar-refractivity contribution < 1.29 is 52.3 Å². The van der Waals surface area contributed by atoms with Gasteiger partial charge in [0, 0.05) is 12.8 Å². The molecule has 12 heteroatoms. The van der Waals surface area contributed by atoms with Crippen molar-refractivity contribution in [2.24, 2.45) is 0 Å². The Morgan fingerprint density at radius 1 is 0.617 bits per heavy atom. The monoisotopic (exact) mass is 864 g/mol. The molecule has 0 heterocycles. The Balaban J connectivity index is 4.65. The summed E-state index contributed by atoms with van der Waals surface area (Å²) in [5, 5.41) is 20.7. The number of rotatable bonds is 39. The lowest BCUT2D eigenvalue weighted by molar-refractivity contribution is -0.870. The van der Waals surface area contributed by atoms with E-state index in [0.29, 0.717) is 17.4 Å². The highest BCUT2D eigenvalue weighted by atomic mass is 31.2. The summed E-state index contributed by atoms with van der Waals surface area (Å²) in [5.74, 6) is -1.16. The highest BCUT2D eigenvalue weighted by molar-refractivity contribution is 7.45. The number of phosphoric ester groups is 1. The van der Waals surface area contributed by atoms with Crippen LogP contribution in [0.4, 0.5) is 0 Å². The predicted molar refractivity (Wildman–Crippen MR) is 243 cm³/mol. The Labute approximate surface area is 364 Å². The molecule has 11 nitrogen and oxygen atoms in total. The van der Waals surface area contributed by atoms with Crippen LogP contribution in [0.2, 0.25) is 0 Å². The van der Waals surface area contributed by atoms with Crippen molar-refractivity contribution in [3.8, 4) is 0 Å². The Morgan fingerprint density at radius 3 is 1.70 bits per heavy atom. The number of hydrogen-bond donors (Lipinski definition) is 2. The first-order chi connectivity index (χ1) is 28.8. The van der Waals surface area contributed by atoms with Crippen LogP contribution < -0.4 is 4.89 Å². The number of allylic oxidation sites excluding steroid dienone is 13. The molecule has 0 amide bonds. The molecule has 0 rings (SSSR count). The van der Waals surface area contributed by atoms with E-state index in [4.69, 9.17) is 18.5 Å². The first kappa shape index (κ1) is 57.1. The lowest BCUT2D eigenvalue weighted by Gasteiger charge is -2.28. The number of esters is 2. The lowest BCUT2D eigenvalue weighted by atomic mass is 10.0. The van der Waals surface area contributed by atoms with E-state index in [1.807, 2.05) is 39.4 Å². The highest BCUT2D eigenvalue weighted by Crippen LogP contribution is 2.38. The van der Waals surface area contributed by atoms with Gasteiger partial charge in [-0.1, -0.05) is 125 Å². The summed E-state index contributed by atoms with van der Waals surface area (Å²) in [4.78, 5) is 37.6. The second-order valence-electron chi connectivity index (χ2n) is 16.0. The summed E-state index contributed by atoms with van der Waals surface area (Å²) < 4.78 is 33.7. The lowest BCUT2D eigenvalue weighted by Crippen LogP contribution is -2.37. The van der Waals surface area contributed by atoms with E-state index in [-0.39, 0.29) is 38.7 Å². The molecule has 0 aliphatic carbocycles. The minimum atomic E-state index is -4.71. The van der Waals surface area contributed by atoms with Gasteiger partial charge in [-0.25, -0.2) is 0 Å². The Kier molecular flexibility index (Phi) is 37.1. The second-order valence-corrected chi connectivity index (χ2v) is 17.4. The maximum absolute atomic E-state index is 12.7. The average Bonchev–Trinajstić information content (AvgIpc) is 3.19. The fourth-order valence-electron chi connectivity index (χ4n) is 5.45. The van der Waals surface area contributed by atoms with Gasteiger partial charge in [0.15, 0.2) is 6.10 Å². The van der Waals surface area contributed by atoms with Crippen LogP contribution >= 0.6 is 7.82 Å². The molecule has 1 unspecified atom stereocenters. The zero-order valence-corrected chi connectivity index (χ0v) is 38.7. The average molecular weight is 864 g/mol. The first-order valence-electron chi connectivity index (χ1n) is 22.5. The van der Waals surface area contributed by atoms with Crippen molar-refractivity contribution in [3.63, 3.8) is 0 Å². The van der Waals surface area contributed by atoms with Gasteiger partial charge in [0.1, 0.15) is 19.8 Å². The van der Waals surface area contributed by atoms with Gasteiger partial charge in [-0.2, -0.15) is 0 Å². The van der Waals surface area contributed by atoms with Crippen molar-refractivity contribution >= 4 is 19.8 Å².